The van der Waals surface area contributed by atoms with E-state index in [-0.39, 0.29) is 22.6 Å². The molecule has 2 rings (SSSR count). The number of carboxylic acid groups (broad SMARTS) is 1. The zero-order valence-corrected chi connectivity index (χ0v) is 11.6. The predicted molar refractivity (Wildman–Crippen MR) is 80.2 cm³/mol. The van der Waals surface area contributed by atoms with Gasteiger partial charge in [0.2, 0.25) is 0 Å². The van der Waals surface area contributed by atoms with E-state index < -0.39 is 10.9 Å². The summed E-state index contributed by atoms with van der Waals surface area (Å²) in [6, 6.07) is 8.05. The van der Waals surface area contributed by atoms with Gasteiger partial charge >= 0.3 is 5.97 Å². The number of carbonyl (C=O) groups is 1. The first kappa shape index (κ1) is 15.2. The predicted octanol–water partition coefficient (Wildman–Crippen LogP) is 3.06. The number of nitro benzene ring substituents is 1. The van der Waals surface area contributed by atoms with Crippen LogP contribution in [0, 0.1) is 17.0 Å². The largest absolute Gasteiger partial charge is 0.507 e. The van der Waals surface area contributed by atoms with E-state index >= 15 is 0 Å². The van der Waals surface area contributed by atoms with E-state index in [1.54, 1.807) is 13.0 Å². The summed E-state index contributed by atoms with van der Waals surface area (Å²) >= 11 is 0. The number of nitrogens with zero attached hydrogens (tertiary/aromatic N) is 2. The fourth-order valence-corrected chi connectivity index (χ4v) is 1.78. The van der Waals surface area contributed by atoms with Crippen LogP contribution < -0.4 is 0 Å². The van der Waals surface area contributed by atoms with Crippen molar-refractivity contribution in [1.29, 1.82) is 0 Å². The van der Waals surface area contributed by atoms with Gasteiger partial charge in [0, 0.05) is 23.9 Å². The average molecular weight is 300 g/mol. The van der Waals surface area contributed by atoms with E-state index in [2.05, 4.69) is 4.99 Å². The van der Waals surface area contributed by atoms with Crippen LogP contribution in [0.4, 0.5) is 11.4 Å². The summed E-state index contributed by atoms with van der Waals surface area (Å²) in [7, 11) is 0. The second kappa shape index (κ2) is 6.04. The van der Waals surface area contributed by atoms with Crippen molar-refractivity contribution in [2.45, 2.75) is 6.92 Å². The first-order chi connectivity index (χ1) is 10.4. The van der Waals surface area contributed by atoms with E-state index in [0.717, 1.165) is 5.56 Å². The number of aliphatic imine (C=N–C) groups is 1. The van der Waals surface area contributed by atoms with Crippen LogP contribution in [-0.2, 0) is 0 Å². The Morgan fingerprint density at radius 2 is 2.00 bits per heavy atom. The molecular formula is C15H12N2O5. The number of phenolic OH excluding ortho intramolecular Hbond substituents is 1. The normalized spacial score (nSPS) is 10.8. The molecule has 2 N–H and O–H groups in total. The highest BCUT2D eigenvalue weighted by Gasteiger charge is 2.09. The number of non-ortho nitro benzene ring substituents is 1. The van der Waals surface area contributed by atoms with Gasteiger partial charge in [-0.15, -0.1) is 0 Å². The van der Waals surface area contributed by atoms with Gasteiger partial charge in [-0.25, -0.2) is 4.79 Å². The second-order valence-electron chi connectivity index (χ2n) is 4.56. The summed E-state index contributed by atoms with van der Waals surface area (Å²) in [4.78, 5) is 25.2. The van der Waals surface area contributed by atoms with Crippen molar-refractivity contribution in [3.8, 4) is 5.75 Å². The molecule has 0 fully saturated rings. The Morgan fingerprint density at radius 1 is 1.27 bits per heavy atom. The fourth-order valence-electron chi connectivity index (χ4n) is 1.78. The first-order valence-electron chi connectivity index (χ1n) is 6.24. The van der Waals surface area contributed by atoms with Crippen molar-refractivity contribution in [3.63, 3.8) is 0 Å². The highest BCUT2D eigenvalue weighted by atomic mass is 16.6. The molecule has 0 aromatic heterocycles. The molecule has 0 unspecified atom stereocenters. The van der Waals surface area contributed by atoms with Crippen molar-refractivity contribution in [2.24, 2.45) is 4.99 Å². The number of carboxylic acids is 1. The van der Waals surface area contributed by atoms with E-state index in [0.29, 0.717) is 5.69 Å². The van der Waals surface area contributed by atoms with E-state index in [1.807, 2.05) is 0 Å². The number of hydrogen-bond acceptors (Lipinski definition) is 5. The van der Waals surface area contributed by atoms with Gasteiger partial charge in [0.05, 0.1) is 16.2 Å². The third-order valence-electron chi connectivity index (χ3n) is 3.02. The Morgan fingerprint density at radius 3 is 2.64 bits per heavy atom. The van der Waals surface area contributed by atoms with Gasteiger partial charge in [0.1, 0.15) is 5.75 Å². The average Bonchev–Trinajstić information content (AvgIpc) is 2.47. The van der Waals surface area contributed by atoms with Gasteiger partial charge in [0.25, 0.3) is 5.69 Å². The number of phenols is 1. The Hall–Kier alpha value is -3.22. The smallest absolute Gasteiger partial charge is 0.335 e. The number of nitro groups is 1. The molecule has 0 amide bonds. The van der Waals surface area contributed by atoms with Crippen LogP contribution in [0.3, 0.4) is 0 Å². The lowest BCUT2D eigenvalue weighted by molar-refractivity contribution is -0.384. The fraction of sp³-hybridized carbons (Fsp3) is 0.0667. The Balaban J connectivity index is 2.40. The van der Waals surface area contributed by atoms with Crippen molar-refractivity contribution >= 4 is 23.6 Å². The molecule has 0 spiro atoms. The molecule has 0 aliphatic heterocycles. The number of benzene rings is 2. The van der Waals surface area contributed by atoms with Gasteiger partial charge in [-0.3, -0.25) is 15.1 Å². The third-order valence-corrected chi connectivity index (χ3v) is 3.02. The third kappa shape index (κ3) is 3.26. The molecule has 0 saturated heterocycles. The van der Waals surface area contributed by atoms with Crippen LogP contribution in [0.2, 0.25) is 0 Å². The standard InChI is InChI=1S/C15H12N2O5/c1-9-2-3-10(15(19)20)7-13(9)16-8-11-6-12(17(21)22)4-5-14(11)18/h2-8,18H,1H3,(H,19,20). The van der Waals surface area contributed by atoms with E-state index in [4.69, 9.17) is 5.11 Å². The minimum Gasteiger partial charge on any atom is -0.507 e. The van der Waals surface area contributed by atoms with Gasteiger partial charge in [-0.05, 0) is 30.7 Å². The second-order valence-corrected chi connectivity index (χ2v) is 4.56. The molecule has 0 aliphatic carbocycles. The van der Waals surface area contributed by atoms with Crippen LogP contribution in [0.1, 0.15) is 21.5 Å². The number of aromatic hydroxyl groups is 1. The maximum atomic E-state index is 10.9. The van der Waals surface area contributed by atoms with Gasteiger partial charge in [0.15, 0.2) is 0 Å². The molecule has 112 valence electrons. The summed E-state index contributed by atoms with van der Waals surface area (Å²) in [6.45, 7) is 1.76. The van der Waals surface area contributed by atoms with E-state index in [1.165, 1.54) is 36.5 Å². The van der Waals surface area contributed by atoms with Gasteiger partial charge in [-0.1, -0.05) is 6.07 Å². The quantitative estimate of drug-likeness (QED) is 0.512. The van der Waals surface area contributed by atoms with E-state index in [9.17, 15) is 20.0 Å². The Labute approximate surface area is 125 Å². The molecule has 0 aliphatic rings. The Bertz CT molecular complexity index is 718. The van der Waals surface area contributed by atoms with Crippen molar-refractivity contribution < 1.29 is 19.9 Å². The molecule has 0 bridgehead atoms. The first-order valence-corrected chi connectivity index (χ1v) is 6.24. The van der Waals surface area contributed by atoms with Gasteiger partial charge < -0.3 is 10.2 Å². The summed E-state index contributed by atoms with van der Waals surface area (Å²) in [5, 5.41) is 29.4. The molecule has 2 aromatic carbocycles. The molecular weight excluding hydrogens is 288 g/mol. The molecule has 7 nitrogen and oxygen atoms in total. The molecule has 22 heavy (non-hydrogen) atoms. The van der Waals surface area contributed by atoms with Crippen LogP contribution in [0.15, 0.2) is 41.4 Å². The maximum Gasteiger partial charge on any atom is 0.335 e. The van der Waals surface area contributed by atoms with Crippen LogP contribution in [0.25, 0.3) is 0 Å². The molecule has 7 heteroatoms. The molecule has 2 aromatic rings. The zero-order valence-electron chi connectivity index (χ0n) is 11.6. The minimum absolute atomic E-state index is 0.0843. The highest BCUT2D eigenvalue weighted by Crippen LogP contribution is 2.24. The number of rotatable bonds is 4. The lowest BCUT2D eigenvalue weighted by atomic mass is 10.1. The van der Waals surface area contributed by atoms with Crippen molar-refractivity contribution in [2.75, 3.05) is 0 Å². The minimum atomic E-state index is -1.07. The summed E-state index contributed by atoms with van der Waals surface area (Å²) in [5.41, 5.74) is 1.24. The highest BCUT2D eigenvalue weighted by molar-refractivity contribution is 5.90. The van der Waals surface area contributed by atoms with Crippen LogP contribution in [-0.4, -0.2) is 27.3 Å². The van der Waals surface area contributed by atoms with Crippen molar-refractivity contribution in [1.82, 2.24) is 0 Å². The number of hydrogen-bond donors (Lipinski definition) is 2. The Kier molecular flexibility index (Phi) is 4.17. The van der Waals surface area contributed by atoms with Gasteiger partial charge in [-0.2, -0.15) is 0 Å². The number of aromatic carboxylic acids is 1. The lowest BCUT2D eigenvalue weighted by Crippen LogP contribution is -1.95. The summed E-state index contributed by atoms with van der Waals surface area (Å²) < 4.78 is 0. The molecule has 0 heterocycles. The molecule has 0 radical (unpaired) electrons. The lowest BCUT2D eigenvalue weighted by Gasteiger charge is -2.03. The topological polar surface area (TPSA) is 113 Å². The maximum absolute atomic E-state index is 10.9. The SMILES string of the molecule is Cc1ccc(C(=O)O)cc1N=Cc1cc([N+](=O)[O-])ccc1O. The summed E-state index contributed by atoms with van der Waals surface area (Å²) in [6.07, 6.45) is 1.26. The zero-order chi connectivity index (χ0) is 16.3. The van der Waals surface area contributed by atoms with Crippen LogP contribution >= 0.6 is 0 Å². The molecule has 0 atom stereocenters. The van der Waals surface area contributed by atoms with Crippen molar-refractivity contribution in [3.05, 3.63) is 63.2 Å². The number of aryl methyl sites for hydroxylation is 1. The van der Waals surface area contributed by atoms with Crippen LogP contribution in [0.5, 0.6) is 5.75 Å². The summed E-state index contributed by atoms with van der Waals surface area (Å²) in [5.74, 6) is -1.23. The molecule has 0 saturated carbocycles. The monoisotopic (exact) mass is 300 g/mol.